The molecule has 1 aromatic carbocycles. The SMILES string of the molecule is CC(C)c1nc2n(n1)C[C@H](Nc1cnc3ccccc3n1)CC2. The number of fused-ring (bicyclic) bond motifs is 2. The number of aryl methyl sites for hydroxylation is 1. The Kier molecular flexibility index (Phi) is 3.44. The molecule has 0 fully saturated rings. The fourth-order valence-electron chi connectivity index (χ4n) is 2.93. The zero-order valence-electron chi connectivity index (χ0n) is 13.4. The quantitative estimate of drug-likeness (QED) is 0.806. The summed E-state index contributed by atoms with van der Waals surface area (Å²) in [4.78, 5) is 13.7. The number of aromatic nitrogens is 5. The van der Waals surface area contributed by atoms with Crippen LogP contribution < -0.4 is 5.32 Å². The van der Waals surface area contributed by atoms with Crippen molar-refractivity contribution in [3.8, 4) is 0 Å². The molecule has 3 aromatic rings. The number of hydrogen-bond donors (Lipinski definition) is 1. The lowest BCUT2D eigenvalue weighted by atomic mass is 10.1. The van der Waals surface area contributed by atoms with Crippen molar-refractivity contribution < 1.29 is 0 Å². The summed E-state index contributed by atoms with van der Waals surface area (Å²) in [6.45, 7) is 5.08. The lowest BCUT2D eigenvalue weighted by molar-refractivity contribution is 0.439. The van der Waals surface area contributed by atoms with Crippen LogP contribution >= 0.6 is 0 Å². The number of anilines is 1. The number of rotatable bonds is 3. The molecular weight excluding hydrogens is 288 g/mol. The molecule has 23 heavy (non-hydrogen) atoms. The molecule has 0 bridgehead atoms. The molecule has 4 rings (SSSR count). The maximum Gasteiger partial charge on any atom is 0.153 e. The van der Waals surface area contributed by atoms with Gasteiger partial charge in [0.05, 0.1) is 23.8 Å². The predicted molar refractivity (Wildman–Crippen MR) is 89.4 cm³/mol. The molecule has 2 aromatic heterocycles. The van der Waals surface area contributed by atoms with Crippen LogP contribution in [0, 0.1) is 0 Å². The molecule has 0 amide bonds. The Hall–Kier alpha value is -2.50. The van der Waals surface area contributed by atoms with Gasteiger partial charge in [0.25, 0.3) is 0 Å². The van der Waals surface area contributed by atoms with Crippen molar-refractivity contribution in [1.29, 1.82) is 0 Å². The van der Waals surface area contributed by atoms with Crippen molar-refractivity contribution in [2.24, 2.45) is 0 Å². The second kappa shape index (κ2) is 5.61. The van der Waals surface area contributed by atoms with Gasteiger partial charge in [0.2, 0.25) is 0 Å². The van der Waals surface area contributed by atoms with E-state index in [1.165, 1.54) is 0 Å². The Labute approximate surface area is 135 Å². The summed E-state index contributed by atoms with van der Waals surface area (Å²) in [5.74, 6) is 3.22. The van der Waals surface area contributed by atoms with Crippen molar-refractivity contribution in [1.82, 2.24) is 24.7 Å². The normalized spacial score (nSPS) is 17.4. The molecule has 0 aliphatic carbocycles. The molecule has 6 heteroatoms. The van der Waals surface area contributed by atoms with E-state index in [0.717, 1.165) is 47.9 Å². The number of nitrogens with one attached hydrogen (secondary N) is 1. The van der Waals surface area contributed by atoms with Gasteiger partial charge in [-0.25, -0.2) is 14.6 Å². The Morgan fingerprint density at radius 2 is 2.00 bits per heavy atom. The number of para-hydroxylation sites is 2. The molecule has 0 unspecified atom stereocenters. The fourth-order valence-corrected chi connectivity index (χ4v) is 2.93. The summed E-state index contributed by atoms with van der Waals surface area (Å²) in [6.07, 6.45) is 3.78. The van der Waals surface area contributed by atoms with Crippen LogP contribution in [-0.4, -0.2) is 30.8 Å². The zero-order chi connectivity index (χ0) is 15.8. The van der Waals surface area contributed by atoms with Crippen molar-refractivity contribution >= 4 is 16.9 Å². The third-order valence-electron chi connectivity index (χ3n) is 4.19. The van der Waals surface area contributed by atoms with Crippen LogP contribution in [0.5, 0.6) is 0 Å². The Morgan fingerprint density at radius 3 is 2.83 bits per heavy atom. The minimum atomic E-state index is 0.305. The van der Waals surface area contributed by atoms with E-state index in [-0.39, 0.29) is 0 Å². The van der Waals surface area contributed by atoms with Crippen LogP contribution in [-0.2, 0) is 13.0 Å². The lowest BCUT2D eigenvalue weighted by Crippen LogP contribution is -2.32. The molecular formula is C17H20N6. The summed E-state index contributed by atoms with van der Waals surface area (Å²) in [5.41, 5.74) is 1.83. The Balaban J connectivity index is 1.52. The van der Waals surface area contributed by atoms with E-state index in [4.69, 9.17) is 0 Å². The first-order chi connectivity index (χ1) is 11.2. The first kappa shape index (κ1) is 14.1. The predicted octanol–water partition coefficient (Wildman–Crippen LogP) is 2.77. The van der Waals surface area contributed by atoms with E-state index in [0.29, 0.717) is 12.0 Å². The highest BCUT2D eigenvalue weighted by Gasteiger charge is 2.22. The van der Waals surface area contributed by atoms with Crippen LogP contribution in [0.2, 0.25) is 0 Å². The summed E-state index contributed by atoms with van der Waals surface area (Å²) in [7, 11) is 0. The van der Waals surface area contributed by atoms with Gasteiger partial charge in [-0.05, 0) is 18.6 Å². The molecule has 0 saturated carbocycles. The smallest absolute Gasteiger partial charge is 0.153 e. The van der Waals surface area contributed by atoms with Crippen LogP contribution in [0.1, 0.15) is 37.8 Å². The highest BCUT2D eigenvalue weighted by Crippen LogP contribution is 2.20. The topological polar surface area (TPSA) is 68.5 Å². The van der Waals surface area contributed by atoms with Crippen LogP contribution in [0.3, 0.4) is 0 Å². The van der Waals surface area contributed by atoms with Gasteiger partial charge >= 0.3 is 0 Å². The second-order valence-corrected chi connectivity index (χ2v) is 6.35. The van der Waals surface area contributed by atoms with Gasteiger partial charge in [-0.1, -0.05) is 26.0 Å². The average Bonchev–Trinajstić information content (AvgIpc) is 2.98. The van der Waals surface area contributed by atoms with E-state index < -0.39 is 0 Å². The molecule has 1 N–H and O–H groups in total. The third kappa shape index (κ3) is 2.76. The van der Waals surface area contributed by atoms with Gasteiger partial charge in [0.15, 0.2) is 5.82 Å². The number of nitrogens with zero attached hydrogens (tertiary/aromatic N) is 5. The zero-order valence-corrected chi connectivity index (χ0v) is 13.4. The van der Waals surface area contributed by atoms with Crippen molar-refractivity contribution in [2.75, 3.05) is 5.32 Å². The van der Waals surface area contributed by atoms with Gasteiger partial charge in [-0.3, -0.25) is 4.98 Å². The number of benzene rings is 1. The fraction of sp³-hybridized carbons (Fsp3) is 0.412. The summed E-state index contributed by atoms with van der Waals surface area (Å²) in [5, 5.41) is 8.11. The highest BCUT2D eigenvalue weighted by molar-refractivity contribution is 5.75. The summed E-state index contributed by atoms with van der Waals surface area (Å²) in [6, 6.07) is 8.22. The van der Waals surface area contributed by atoms with Crippen LogP contribution in [0.4, 0.5) is 5.82 Å². The van der Waals surface area contributed by atoms with Crippen LogP contribution in [0.15, 0.2) is 30.5 Å². The molecule has 1 atom stereocenters. The standard InChI is InChI=1S/C17H20N6/c1-11(2)17-21-16-8-7-12(10-23(16)22-17)19-15-9-18-13-5-3-4-6-14(13)20-15/h3-6,9,11-12H,7-8,10H2,1-2H3,(H,19,20)/t12-/m1/s1. The highest BCUT2D eigenvalue weighted by atomic mass is 15.4. The minimum Gasteiger partial charge on any atom is -0.364 e. The van der Waals surface area contributed by atoms with E-state index in [2.05, 4.69) is 39.2 Å². The first-order valence-corrected chi connectivity index (χ1v) is 8.11. The van der Waals surface area contributed by atoms with Crippen molar-refractivity contribution in [3.63, 3.8) is 0 Å². The summed E-state index contributed by atoms with van der Waals surface area (Å²) < 4.78 is 2.03. The monoisotopic (exact) mass is 308 g/mol. The third-order valence-corrected chi connectivity index (χ3v) is 4.19. The van der Waals surface area contributed by atoms with Gasteiger partial charge in [-0.2, -0.15) is 5.10 Å². The van der Waals surface area contributed by atoms with Gasteiger partial charge in [0, 0.05) is 18.4 Å². The molecule has 1 aliphatic rings. The Bertz CT molecular complexity index is 838. The Morgan fingerprint density at radius 1 is 1.17 bits per heavy atom. The van der Waals surface area contributed by atoms with E-state index in [1.54, 1.807) is 6.20 Å². The van der Waals surface area contributed by atoms with Crippen molar-refractivity contribution in [3.05, 3.63) is 42.1 Å². The molecule has 0 radical (unpaired) electrons. The van der Waals surface area contributed by atoms with Gasteiger partial charge < -0.3 is 5.32 Å². The molecule has 0 spiro atoms. The second-order valence-electron chi connectivity index (χ2n) is 6.35. The molecule has 6 nitrogen and oxygen atoms in total. The minimum absolute atomic E-state index is 0.305. The molecule has 0 saturated heterocycles. The average molecular weight is 308 g/mol. The maximum atomic E-state index is 4.64. The first-order valence-electron chi connectivity index (χ1n) is 8.11. The van der Waals surface area contributed by atoms with E-state index in [9.17, 15) is 0 Å². The maximum absolute atomic E-state index is 4.64. The van der Waals surface area contributed by atoms with E-state index >= 15 is 0 Å². The molecule has 118 valence electrons. The van der Waals surface area contributed by atoms with E-state index in [1.807, 2.05) is 28.9 Å². The molecule has 3 heterocycles. The lowest BCUT2D eigenvalue weighted by Gasteiger charge is -2.23. The van der Waals surface area contributed by atoms with Crippen molar-refractivity contribution in [2.45, 2.75) is 45.2 Å². The largest absolute Gasteiger partial charge is 0.364 e. The number of hydrogen-bond acceptors (Lipinski definition) is 5. The molecule has 1 aliphatic heterocycles. The summed E-state index contributed by atoms with van der Waals surface area (Å²) >= 11 is 0. The van der Waals surface area contributed by atoms with Crippen LogP contribution in [0.25, 0.3) is 11.0 Å². The van der Waals surface area contributed by atoms with Gasteiger partial charge in [0.1, 0.15) is 11.6 Å². The van der Waals surface area contributed by atoms with Gasteiger partial charge in [-0.15, -0.1) is 0 Å².